The first-order chi connectivity index (χ1) is 11.1. The molecular weight excluding hydrogens is 290 g/mol. The van der Waals surface area contributed by atoms with Gasteiger partial charge in [-0.1, -0.05) is 24.6 Å². The van der Waals surface area contributed by atoms with E-state index in [0.717, 1.165) is 36.3 Å². The van der Waals surface area contributed by atoms with Crippen LogP contribution in [-0.2, 0) is 0 Å². The highest BCUT2D eigenvalue weighted by molar-refractivity contribution is 5.96. The summed E-state index contributed by atoms with van der Waals surface area (Å²) in [6, 6.07) is 9.79. The van der Waals surface area contributed by atoms with Gasteiger partial charge in [-0.2, -0.15) is 5.10 Å². The molecule has 2 aromatic rings. The summed E-state index contributed by atoms with van der Waals surface area (Å²) in [5.41, 5.74) is 3.12. The minimum Gasteiger partial charge on any atom is -0.393 e. The van der Waals surface area contributed by atoms with Gasteiger partial charge in [0.2, 0.25) is 0 Å². The van der Waals surface area contributed by atoms with Gasteiger partial charge < -0.3 is 10.4 Å². The molecule has 0 aliphatic heterocycles. The Morgan fingerprint density at radius 2 is 2.04 bits per heavy atom. The van der Waals surface area contributed by atoms with E-state index in [9.17, 15) is 9.90 Å². The van der Waals surface area contributed by atoms with Crippen molar-refractivity contribution in [2.24, 2.45) is 5.92 Å². The third-order valence-electron chi connectivity index (χ3n) is 4.66. The lowest BCUT2D eigenvalue weighted by molar-refractivity contribution is 0.0915. The highest BCUT2D eigenvalue weighted by Gasteiger charge is 2.26. The van der Waals surface area contributed by atoms with Crippen LogP contribution in [0.2, 0.25) is 0 Å². The molecule has 1 aromatic heterocycles. The third-order valence-corrected chi connectivity index (χ3v) is 4.66. The minimum absolute atomic E-state index is 0.110. The normalized spacial score (nSPS) is 20.7. The Hall–Kier alpha value is -2.14. The third kappa shape index (κ3) is 3.15. The van der Waals surface area contributed by atoms with Gasteiger partial charge in [0.05, 0.1) is 28.7 Å². The quantitative estimate of drug-likeness (QED) is 0.910. The number of aliphatic hydroxyl groups is 1. The Kier molecular flexibility index (Phi) is 4.48. The van der Waals surface area contributed by atoms with Crippen LogP contribution in [0, 0.1) is 19.8 Å². The first kappa shape index (κ1) is 15.7. The van der Waals surface area contributed by atoms with Gasteiger partial charge in [0.25, 0.3) is 5.91 Å². The van der Waals surface area contributed by atoms with E-state index in [-0.39, 0.29) is 17.9 Å². The highest BCUT2D eigenvalue weighted by Crippen LogP contribution is 2.25. The Morgan fingerprint density at radius 1 is 1.30 bits per heavy atom. The minimum atomic E-state index is -0.287. The van der Waals surface area contributed by atoms with Gasteiger partial charge in [-0.05, 0) is 38.8 Å². The number of aliphatic hydroxyl groups excluding tert-OH is 1. The molecule has 5 nitrogen and oxygen atoms in total. The Bertz CT molecular complexity index is 694. The van der Waals surface area contributed by atoms with Crippen LogP contribution in [0.5, 0.6) is 0 Å². The summed E-state index contributed by atoms with van der Waals surface area (Å²) in [6.07, 6.45) is 2.56. The molecule has 1 aliphatic rings. The largest absolute Gasteiger partial charge is 0.393 e. The second-order valence-corrected chi connectivity index (χ2v) is 6.26. The number of benzene rings is 1. The number of nitrogens with one attached hydrogen (secondary N) is 1. The second-order valence-electron chi connectivity index (χ2n) is 6.26. The van der Waals surface area contributed by atoms with Gasteiger partial charge in [-0.15, -0.1) is 0 Å². The van der Waals surface area contributed by atoms with Crippen LogP contribution >= 0.6 is 0 Å². The Morgan fingerprint density at radius 3 is 2.70 bits per heavy atom. The van der Waals surface area contributed by atoms with Crippen LogP contribution < -0.4 is 5.32 Å². The molecule has 0 spiro atoms. The molecule has 122 valence electrons. The zero-order chi connectivity index (χ0) is 16.4. The summed E-state index contributed by atoms with van der Waals surface area (Å²) >= 11 is 0. The number of hydrogen-bond donors (Lipinski definition) is 2. The predicted octanol–water partition coefficient (Wildman–Crippen LogP) is 2.38. The van der Waals surface area contributed by atoms with Crippen LogP contribution in [0.15, 0.2) is 30.3 Å². The molecular formula is C18H23N3O2. The van der Waals surface area contributed by atoms with E-state index in [1.54, 1.807) is 4.68 Å². The number of rotatable bonds is 4. The average molecular weight is 313 g/mol. The van der Waals surface area contributed by atoms with Crippen molar-refractivity contribution in [2.75, 3.05) is 6.54 Å². The molecule has 2 unspecified atom stereocenters. The fraction of sp³-hybridized carbons (Fsp3) is 0.444. The monoisotopic (exact) mass is 313 g/mol. The molecule has 0 saturated heterocycles. The van der Waals surface area contributed by atoms with Crippen LogP contribution in [0.25, 0.3) is 5.69 Å². The summed E-state index contributed by atoms with van der Waals surface area (Å²) in [4.78, 5) is 12.5. The zero-order valence-corrected chi connectivity index (χ0v) is 13.6. The highest BCUT2D eigenvalue weighted by atomic mass is 16.3. The molecule has 0 bridgehead atoms. The maximum Gasteiger partial charge on any atom is 0.255 e. The van der Waals surface area contributed by atoms with Crippen molar-refractivity contribution in [3.8, 4) is 5.69 Å². The molecule has 23 heavy (non-hydrogen) atoms. The van der Waals surface area contributed by atoms with Gasteiger partial charge in [0, 0.05) is 12.5 Å². The fourth-order valence-corrected chi connectivity index (χ4v) is 3.36. The summed E-state index contributed by atoms with van der Waals surface area (Å²) < 4.78 is 1.80. The number of carbonyl (C=O) groups is 1. The van der Waals surface area contributed by atoms with Crippen molar-refractivity contribution in [3.05, 3.63) is 47.3 Å². The van der Waals surface area contributed by atoms with E-state index in [0.29, 0.717) is 12.1 Å². The Labute approximate surface area is 136 Å². The van der Waals surface area contributed by atoms with Crippen molar-refractivity contribution < 1.29 is 9.90 Å². The molecule has 5 heteroatoms. The zero-order valence-electron chi connectivity index (χ0n) is 13.6. The van der Waals surface area contributed by atoms with E-state index in [1.165, 1.54) is 0 Å². The van der Waals surface area contributed by atoms with Crippen molar-refractivity contribution in [1.82, 2.24) is 15.1 Å². The van der Waals surface area contributed by atoms with Crippen molar-refractivity contribution in [3.63, 3.8) is 0 Å². The number of amides is 1. The van der Waals surface area contributed by atoms with E-state index in [2.05, 4.69) is 10.4 Å². The SMILES string of the molecule is Cc1nn(-c2ccccc2)c(C)c1C(=O)NCC1CCCC1O. The van der Waals surface area contributed by atoms with E-state index in [4.69, 9.17) is 0 Å². The van der Waals surface area contributed by atoms with E-state index >= 15 is 0 Å². The number of para-hydroxylation sites is 1. The molecule has 3 rings (SSSR count). The van der Waals surface area contributed by atoms with Crippen molar-refractivity contribution in [2.45, 2.75) is 39.2 Å². The maximum atomic E-state index is 12.5. The number of carbonyl (C=O) groups excluding carboxylic acids is 1. The molecule has 1 aliphatic carbocycles. The smallest absolute Gasteiger partial charge is 0.255 e. The van der Waals surface area contributed by atoms with Gasteiger partial charge in [0.15, 0.2) is 0 Å². The topological polar surface area (TPSA) is 67.2 Å². The maximum absolute atomic E-state index is 12.5. The van der Waals surface area contributed by atoms with Crippen LogP contribution in [-0.4, -0.2) is 33.4 Å². The lowest BCUT2D eigenvalue weighted by Gasteiger charge is -2.15. The predicted molar refractivity (Wildman–Crippen MR) is 88.7 cm³/mol. The first-order valence-corrected chi connectivity index (χ1v) is 8.16. The summed E-state index contributed by atoms with van der Waals surface area (Å²) in [6.45, 7) is 4.29. The summed E-state index contributed by atoms with van der Waals surface area (Å²) in [7, 11) is 0. The standard InChI is InChI=1S/C18H23N3O2/c1-12-17(18(23)19-11-14-7-6-10-16(14)22)13(2)21(20-12)15-8-4-3-5-9-15/h3-5,8-9,14,16,22H,6-7,10-11H2,1-2H3,(H,19,23). The van der Waals surface area contributed by atoms with Gasteiger partial charge in [-0.3, -0.25) is 4.79 Å². The summed E-state index contributed by atoms with van der Waals surface area (Å²) in [5.74, 6) is 0.0602. The van der Waals surface area contributed by atoms with Crippen LogP contribution in [0.4, 0.5) is 0 Å². The molecule has 1 amide bonds. The molecule has 1 saturated carbocycles. The molecule has 1 aromatic carbocycles. The van der Waals surface area contributed by atoms with E-state index in [1.807, 2.05) is 44.2 Å². The first-order valence-electron chi connectivity index (χ1n) is 8.16. The van der Waals surface area contributed by atoms with Gasteiger partial charge in [-0.25, -0.2) is 4.68 Å². The molecule has 1 fully saturated rings. The number of hydrogen-bond acceptors (Lipinski definition) is 3. The van der Waals surface area contributed by atoms with Gasteiger partial charge in [0.1, 0.15) is 0 Å². The Balaban J connectivity index is 1.77. The molecule has 0 radical (unpaired) electrons. The molecule has 1 heterocycles. The number of nitrogens with zero attached hydrogens (tertiary/aromatic N) is 2. The lowest BCUT2D eigenvalue weighted by atomic mass is 10.1. The number of aromatic nitrogens is 2. The lowest BCUT2D eigenvalue weighted by Crippen LogP contribution is -2.33. The van der Waals surface area contributed by atoms with E-state index < -0.39 is 0 Å². The van der Waals surface area contributed by atoms with Crippen LogP contribution in [0.3, 0.4) is 0 Å². The van der Waals surface area contributed by atoms with Crippen molar-refractivity contribution in [1.29, 1.82) is 0 Å². The number of aryl methyl sites for hydroxylation is 1. The van der Waals surface area contributed by atoms with Crippen molar-refractivity contribution >= 4 is 5.91 Å². The second kappa shape index (κ2) is 6.54. The van der Waals surface area contributed by atoms with Crippen LogP contribution in [0.1, 0.15) is 41.0 Å². The summed E-state index contributed by atoms with van der Waals surface area (Å²) in [5, 5.41) is 17.3. The average Bonchev–Trinajstić information content (AvgIpc) is 3.09. The molecule has 2 N–H and O–H groups in total. The fourth-order valence-electron chi connectivity index (χ4n) is 3.36. The van der Waals surface area contributed by atoms with Gasteiger partial charge >= 0.3 is 0 Å². The molecule has 2 atom stereocenters.